The van der Waals surface area contributed by atoms with Crippen LogP contribution in [0.5, 0.6) is 0 Å². The molecule has 0 atom stereocenters. The molecule has 3 heteroatoms. The van der Waals surface area contributed by atoms with Gasteiger partial charge in [0.1, 0.15) is 4.60 Å². The Kier molecular flexibility index (Phi) is 1.66. The van der Waals surface area contributed by atoms with E-state index in [2.05, 4.69) is 26.8 Å². The average Bonchev–Trinajstić information content (AvgIpc) is 2.14. The van der Waals surface area contributed by atoms with Crippen molar-refractivity contribution in [3.05, 3.63) is 15.0 Å². The summed E-state index contributed by atoms with van der Waals surface area (Å²) >= 11 is 4.63. The number of hydrogen-bond donors (Lipinski definition) is 0. The number of rotatable bonds is 0. The molecular formula is C5H2BrNS. The second-order valence-corrected chi connectivity index (χ2v) is 2.79. The number of halogens is 1. The molecule has 0 unspecified atom stereocenters. The van der Waals surface area contributed by atoms with Gasteiger partial charge in [-0.2, -0.15) is 0 Å². The molecule has 1 aromatic rings. The quantitative estimate of drug-likeness (QED) is 0.566. The van der Waals surface area contributed by atoms with Crippen molar-refractivity contribution >= 4 is 27.3 Å². The Morgan fingerprint density at radius 2 is 2.62 bits per heavy atom. The minimum absolute atomic E-state index is 0.719. The average molecular weight is 188 g/mol. The Labute approximate surface area is 59.9 Å². The highest BCUT2D eigenvalue weighted by Crippen LogP contribution is 2.12. The lowest BCUT2D eigenvalue weighted by molar-refractivity contribution is 1.34. The van der Waals surface area contributed by atoms with Crippen molar-refractivity contribution in [2.24, 2.45) is 0 Å². The normalized spacial score (nSPS) is 8.50. The fourth-order valence-electron chi connectivity index (χ4n) is 0.320. The Morgan fingerprint density at radius 1 is 1.88 bits per heavy atom. The molecule has 0 spiro atoms. The van der Waals surface area contributed by atoms with E-state index in [1.54, 1.807) is 0 Å². The first-order valence-electron chi connectivity index (χ1n) is 1.90. The van der Waals surface area contributed by atoms with Crippen molar-refractivity contribution in [2.75, 3.05) is 0 Å². The second kappa shape index (κ2) is 2.29. The summed E-state index contributed by atoms with van der Waals surface area (Å²) in [6.45, 7) is 0. The van der Waals surface area contributed by atoms with Crippen LogP contribution in [-0.2, 0) is 0 Å². The lowest BCUT2D eigenvalue weighted by Gasteiger charge is -1.69. The minimum atomic E-state index is 0.719. The molecule has 0 radical (unpaired) electrons. The van der Waals surface area contributed by atoms with Crippen molar-refractivity contribution in [2.45, 2.75) is 0 Å². The lowest BCUT2D eigenvalue weighted by Crippen LogP contribution is -1.65. The van der Waals surface area contributed by atoms with E-state index in [9.17, 15) is 0 Å². The molecule has 0 aliphatic heterocycles. The molecule has 40 valence electrons. The number of terminal acetylenes is 1. The van der Waals surface area contributed by atoms with Crippen LogP contribution < -0.4 is 0 Å². The van der Waals surface area contributed by atoms with E-state index in [1.165, 1.54) is 11.3 Å². The Balaban J connectivity index is 3.05. The Bertz CT molecular complexity index is 223. The van der Waals surface area contributed by atoms with Crippen LogP contribution in [-0.4, -0.2) is 4.98 Å². The SMILES string of the molecule is C#Cc1nc(Br)cs1. The molecule has 0 aliphatic rings. The van der Waals surface area contributed by atoms with Gasteiger partial charge in [-0.1, -0.05) is 0 Å². The van der Waals surface area contributed by atoms with Crippen molar-refractivity contribution < 1.29 is 0 Å². The van der Waals surface area contributed by atoms with Crippen LogP contribution in [0, 0.1) is 12.3 Å². The first-order valence-corrected chi connectivity index (χ1v) is 3.58. The standard InChI is InChI=1S/C5H2BrNS/c1-2-5-7-4(6)3-8-5/h1,3H. The maximum atomic E-state index is 5.04. The Hall–Kier alpha value is -0.330. The molecule has 0 N–H and O–H groups in total. The largest absolute Gasteiger partial charge is 0.221 e. The number of hydrogen-bond acceptors (Lipinski definition) is 2. The lowest BCUT2D eigenvalue weighted by atomic mass is 10.7. The predicted molar refractivity (Wildman–Crippen MR) is 37.7 cm³/mol. The van der Waals surface area contributed by atoms with Gasteiger partial charge in [-0.15, -0.1) is 17.8 Å². The van der Waals surface area contributed by atoms with Crippen LogP contribution in [0.4, 0.5) is 0 Å². The smallest absolute Gasteiger partial charge is 0.167 e. The fraction of sp³-hybridized carbons (Fsp3) is 0. The van der Waals surface area contributed by atoms with Gasteiger partial charge in [-0.3, -0.25) is 0 Å². The van der Waals surface area contributed by atoms with Gasteiger partial charge in [0.15, 0.2) is 5.01 Å². The highest BCUT2D eigenvalue weighted by molar-refractivity contribution is 9.10. The summed E-state index contributed by atoms with van der Waals surface area (Å²) in [7, 11) is 0. The maximum Gasteiger partial charge on any atom is 0.167 e. The fourth-order valence-corrected chi connectivity index (χ4v) is 1.38. The zero-order valence-electron chi connectivity index (χ0n) is 3.89. The van der Waals surface area contributed by atoms with Gasteiger partial charge >= 0.3 is 0 Å². The monoisotopic (exact) mass is 187 g/mol. The maximum absolute atomic E-state index is 5.04. The molecule has 0 aliphatic carbocycles. The Morgan fingerprint density at radius 3 is 2.88 bits per heavy atom. The third-order valence-corrected chi connectivity index (χ3v) is 2.08. The number of aromatic nitrogens is 1. The zero-order chi connectivity index (χ0) is 5.98. The van der Waals surface area contributed by atoms with Gasteiger partial charge in [-0.05, 0) is 21.9 Å². The summed E-state index contributed by atoms with van der Waals surface area (Å²) < 4.78 is 0.815. The third-order valence-electron chi connectivity index (χ3n) is 0.600. The predicted octanol–water partition coefficient (Wildman–Crippen LogP) is 1.89. The summed E-state index contributed by atoms with van der Waals surface area (Å²) in [6, 6.07) is 0. The molecule has 0 amide bonds. The summed E-state index contributed by atoms with van der Waals surface area (Å²) in [6.07, 6.45) is 5.04. The molecule has 0 saturated heterocycles. The van der Waals surface area contributed by atoms with Crippen LogP contribution >= 0.6 is 27.3 Å². The van der Waals surface area contributed by atoms with Crippen LogP contribution in [0.2, 0.25) is 0 Å². The van der Waals surface area contributed by atoms with Gasteiger partial charge in [-0.25, -0.2) is 4.98 Å². The molecule has 8 heavy (non-hydrogen) atoms. The molecule has 0 saturated carbocycles. The third kappa shape index (κ3) is 1.09. The molecule has 0 aromatic carbocycles. The van der Waals surface area contributed by atoms with Gasteiger partial charge in [0.25, 0.3) is 0 Å². The van der Waals surface area contributed by atoms with Crippen LogP contribution in [0.3, 0.4) is 0 Å². The highest BCUT2D eigenvalue weighted by Gasteiger charge is 1.91. The molecule has 1 rings (SSSR count). The first kappa shape index (κ1) is 5.80. The van der Waals surface area contributed by atoms with Gasteiger partial charge in [0, 0.05) is 5.38 Å². The van der Waals surface area contributed by atoms with E-state index < -0.39 is 0 Å². The van der Waals surface area contributed by atoms with E-state index in [0.29, 0.717) is 0 Å². The van der Waals surface area contributed by atoms with Gasteiger partial charge < -0.3 is 0 Å². The molecule has 1 nitrogen and oxygen atoms in total. The molecule has 1 heterocycles. The molecular weight excluding hydrogens is 186 g/mol. The molecule has 1 aromatic heterocycles. The summed E-state index contributed by atoms with van der Waals surface area (Å²) in [5.41, 5.74) is 0. The number of nitrogens with zero attached hydrogens (tertiary/aromatic N) is 1. The van der Waals surface area contributed by atoms with E-state index >= 15 is 0 Å². The van der Waals surface area contributed by atoms with Crippen LogP contribution in [0.1, 0.15) is 5.01 Å². The molecule has 0 fully saturated rings. The van der Waals surface area contributed by atoms with Crippen molar-refractivity contribution in [1.29, 1.82) is 0 Å². The summed E-state index contributed by atoms with van der Waals surface area (Å²) in [4.78, 5) is 3.93. The topological polar surface area (TPSA) is 12.9 Å². The van der Waals surface area contributed by atoms with Gasteiger partial charge in [0.2, 0.25) is 0 Å². The molecule has 0 bridgehead atoms. The van der Waals surface area contributed by atoms with E-state index in [4.69, 9.17) is 6.42 Å². The highest BCUT2D eigenvalue weighted by atomic mass is 79.9. The van der Waals surface area contributed by atoms with E-state index in [1.807, 2.05) is 5.38 Å². The zero-order valence-corrected chi connectivity index (χ0v) is 6.29. The van der Waals surface area contributed by atoms with Crippen molar-refractivity contribution in [3.63, 3.8) is 0 Å². The van der Waals surface area contributed by atoms with Crippen molar-refractivity contribution in [3.8, 4) is 12.3 Å². The van der Waals surface area contributed by atoms with Crippen LogP contribution in [0.15, 0.2) is 9.98 Å². The van der Waals surface area contributed by atoms with Crippen LogP contribution in [0.25, 0.3) is 0 Å². The first-order chi connectivity index (χ1) is 3.83. The number of thiazole rings is 1. The minimum Gasteiger partial charge on any atom is -0.221 e. The second-order valence-electron chi connectivity index (χ2n) is 1.12. The summed E-state index contributed by atoms with van der Waals surface area (Å²) in [5, 5.41) is 2.58. The summed E-state index contributed by atoms with van der Waals surface area (Å²) in [5.74, 6) is 2.43. The van der Waals surface area contributed by atoms with E-state index in [-0.39, 0.29) is 0 Å². The van der Waals surface area contributed by atoms with Crippen molar-refractivity contribution in [1.82, 2.24) is 4.98 Å². The van der Waals surface area contributed by atoms with E-state index in [0.717, 1.165) is 9.61 Å². The van der Waals surface area contributed by atoms with Gasteiger partial charge in [0.05, 0.1) is 0 Å².